The molecular weight excluding hydrogens is 541 g/mol. The maximum Gasteiger partial charge on any atom is 0.435 e. The average molecular weight is 561 g/mol. The molecule has 0 bridgehead atoms. The van der Waals surface area contributed by atoms with Crippen LogP contribution in [0.15, 0.2) is 58.5 Å². The molecule has 196 valence electrons. The third kappa shape index (κ3) is 5.95. The molecule has 8 nitrogen and oxygen atoms in total. The third-order valence-corrected chi connectivity index (χ3v) is 6.85. The first kappa shape index (κ1) is 27.1. The smallest absolute Gasteiger partial charge is 0.435 e. The molecule has 2 aromatic heterocycles. The van der Waals surface area contributed by atoms with Crippen LogP contribution in [0, 0.1) is 6.57 Å². The Kier molecular flexibility index (Phi) is 7.99. The first-order valence-electron chi connectivity index (χ1n) is 11.0. The van der Waals surface area contributed by atoms with E-state index >= 15 is 0 Å². The first-order chi connectivity index (χ1) is 18.1. The summed E-state index contributed by atoms with van der Waals surface area (Å²) in [7, 11) is 2.87. The lowest BCUT2D eigenvalue weighted by Gasteiger charge is -2.11. The fraction of sp³-hybridized carbons (Fsp3) is 0.200. The zero-order valence-corrected chi connectivity index (χ0v) is 21.6. The molecule has 0 amide bonds. The van der Waals surface area contributed by atoms with Crippen molar-refractivity contribution < 1.29 is 17.9 Å². The highest BCUT2D eigenvalue weighted by Gasteiger charge is 2.38. The molecule has 0 aliphatic rings. The summed E-state index contributed by atoms with van der Waals surface area (Å²) in [6, 6.07) is 14.0. The Morgan fingerprint density at radius 1 is 1.24 bits per heavy atom. The number of nitrogens with one attached hydrogen (secondary N) is 2. The van der Waals surface area contributed by atoms with Gasteiger partial charge in [0.05, 0.1) is 19.4 Å². The standard InChI is InChI=1S/C25H20ClF3N6O2S/c1-30-20-19(15-7-5-9-17(11-15)37-3)32-24(33-23(20)36)38-13-14-6-4-8-16(10-14)31-12-18-21(25(27,28)29)34-35(2)22(18)26/h4-11,31H,12-13H2,2-3H3,(H,32,33,36). The van der Waals surface area contributed by atoms with E-state index in [2.05, 4.69) is 25.2 Å². The number of anilines is 1. The van der Waals surface area contributed by atoms with Gasteiger partial charge in [0, 0.05) is 30.6 Å². The number of H-pyrrole nitrogens is 1. The zero-order chi connectivity index (χ0) is 27.4. The average Bonchev–Trinajstić information content (AvgIpc) is 3.19. The van der Waals surface area contributed by atoms with Crippen LogP contribution >= 0.6 is 23.4 Å². The maximum absolute atomic E-state index is 13.3. The number of hydrogen-bond acceptors (Lipinski definition) is 6. The number of aromatic amines is 1. The summed E-state index contributed by atoms with van der Waals surface area (Å²) in [6.07, 6.45) is -4.63. The Labute approximate surface area is 224 Å². The highest BCUT2D eigenvalue weighted by Crippen LogP contribution is 2.35. The number of aryl methyl sites for hydroxylation is 1. The lowest BCUT2D eigenvalue weighted by Crippen LogP contribution is -2.11. The van der Waals surface area contributed by atoms with Crippen molar-refractivity contribution in [3.8, 4) is 17.0 Å². The van der Waals surface area contributed by atoms with Gasteiger partial charge in [-0.05, 0) is 35.4 Å². The highest BCUT2D eigenvalue weighted by atomic mass is 35.5. The molecule has 0 aliphatic heterocycles. The minimum absolute atomic E-state index is 0.0961. The summed E-state index contributed by atoms with van der Waals surface area (Å²) in [5, 5.41) is 6.67. The van der Waals surface area contributed by atoms with Crippen molar-refractivity contribution in [2.75, 3.05) is 12.4 Å². The zero-order valence-electron chi connectivity index (χ0n) is 20.1. The van der Waals surface area contributed by atoms with Gasteiger partial charge in [0.2, 0.25) is 0 Å². The predicted molar refractivity (Wildman–Crippen MR) is 140 cm³/mol. The summed E-state index contributed by atoms with van der Waals surface area (Å²) >= 11 is 7.29. The van der Waals surface area contributed by atoms with E-state index < -0.39 is 17.4 Å². The van der Waals surface area contributed by atoms with E-state index in [1.165, 1.54) is 25.9 Å². The van der Waals surface area contributed by atoms with Gasteiger partial charge in [-0.15, -0.1) is 0 Å². The molecular formula is C25H20ClF3N6O2S. The number of methoxy groups -OCH3 is 1. The molecule has 4 aromatic rings. The van der Waals surface area contributed by atoms with E-state index in [1.54, 1.807) is 42.5 Å². The second-order valence-corrected chi connectivity index (χ2v) is 9.32. The summed E-state index contributed by atoms with van der Waals surface area (Å²) in [5.41, 5.74) is 0.366. The van der Waals surface area contributed by atoms with Gasteiger partial charge < -0.3 is 15.0 Å². The Bertz CT molecular complexity index is 1580. The number of rotatable bonds is 8. The van der Waals surface area contributed by atoms with Crippen molar-refractivity contribution in [3.05, 3.63) is 92.3 Å². The van der Waals surface area contributed by atoms with Crippen LogP contribution in [0.25, 0.3) is 16.1 Å². The largest absolute Gasteiger partial charge is 0.497 e. The molecule has 0 fully saturated rings. The van der Waals surface area contributed by atoms with Gasteiger partial charge in [0.1, 0.15) is 10.9 Å². The van der Waals surface area contributed by atoms with Crippen LogP contribution in [0.3, 0.4) is 0 Å². The van der Waals surface area contributed by atoms with Crippen LogP contribution in [0.1, 0.15) is 16.8 Å². The highest BCUT2D eigenvalue weighted by molar-refractivity contribution is 7.98. The lowest BCUT2D eigenvalue weighted by molar-refractivity contribution is -0.142. The SMILES string of the molecule is [C-]#[N+]c1c(-c2cccc(OC)c2)nc(SCc2cccc(NCc3c(C(F)(F)F)nn(C)c3Cl)c2)[nH]c1=O. The Morgan fingerprint density at radius 3 is 2.71 bits per heavy atom. The molecule has 0 atom stereocenters. The molecule has 0 spiro atoms. The lowest BCUT2D eigenvalue weighted by atomic mass is 10.1. The van der Waals surface area contributed by atoms with E-state index in [0.717, 1.165) is 10.2 Å². The summed E-state index contributed by atoms with van der Waals surface area (Å²) in [5.74, 6) is 0.961. The van der Waals surface area contributed by atoms with Crippen LogP contribution in [0.5, 0.6) is 5.75 Å². The number of nitrogens with zero attached hydrogens (tertiary/aromatic N) is 4. The number of hydrogen-bond donors (Lipinski definition) is 2. The summed E-state index contributed by atoms with van der Waals surface area (Å²) < 4.78 is 46.2. The monoisotopic (exact) mass is 560 g/mol. The van der Waals surface area contributed by atoms with Gasteiger partial charge >= 0.3 is 6.18 Å². The minimum atomic E-state index is -4.63. The molecule has 0 aliphatic carbocycles. The van der Waals surface area contributed by atoms with Crippen LogP contribution in [0.2, 0.25) is 5.15 Å². The summed E-state index contributed by atoms with van der Waals surface area (Å²) in [4.78, 5) is 23.0. The van der Waals surface area contributed by atoms with E-state index in [0.29, 0.717) is 27.9 Å². The number of thioether (sulfide) groups is 1. The molecule has 0 radical (unpaired) electrons. The van der Waals surface area contributed by atoms with Crippen LogP contribution in [-0.2, 0) is 25.5 Å². The molecule has 0 unspecified atom stereocenters. The fourth-order valence-corrected chi connectivity index (χ4v) is 4.63. The molecule has 2 aromatic carbocycles. The molecule has 0 saturated heterocycles. The fourth-order valence-electron chi connectivity index (χ4n) is 3.63. The number of halogens is 4. The van der Waals surface area contributed by atoms with E-state index in [4.69, 9.17) is 22.9 Å². The topological polar surface area (TPSA) is 89.2 Å². The number of ether oxygens (including phenoxy) is 1. The second-order valence-electron chi connectivity index (χ2n) is 7.99. The van der Waals surface area contributed by atoms with Crippen molar-refractivity contribution in [2.24, 2.45) is 7.05 Å². The molecule has 4 rings (SSSR count). The predicted octanol–water partition coefficient (Wildman–Crippen LogP) is 6.31. The minimum Gasteiger partial charge on any atom is -0.497 e. The normalized spacial score (nSPS) is 11.3. The third-order valence-electron chi connectivity index (χ3n) is 5.44. The maximum atomic E-state index is 13.3. The number of aromatic nitrogens is 4. The van der Waals surface area contributed by atoms with Crippen LogP contribution < -0.4 is 15.6 Å². The van der Waals surface area contributed by atoms with Crippen molar-refractivity contribution >= 4 is 34.7 Å². The van der Waals surface area contributed by atoms with E-state index in [-0.39, 0.29) is 28.6 Å². The molecule has 2 heterocycles. The second kappa shape index (κ2) is 11.2. The number of alkyl halides is 3. The molecule has 13 heteroatoms. The molecule has 2 N–H and O–H groups in total. The Morgan fingerprint density at radius 2 is 2.00 bits per heavy atom. The van der Waals surface area contributed by atoms with Crippen LogP contribution in [0.4, 0.5) is 24.5 Å². The van der Waals surface area contributed by atoms with Gasteiger partial charge in [0.15, 0.2) is 10.9 Å². The van der Waals surface area contributed by atoms with Crippen molar-refractivity contribution in [2.45, 2.75) is 23.6 Å². The van der Waals surface area contributed by atoms with Gasteiger partial charge in [-0.25, -0.2) is 9.83 Å². The quantitative estimate of drug-likeness (QED) is 0.149. The first-order valence-corrected chi connectivity index (χ1v) is 12.4. The van der Waals surface area contributed by atoms with Gasteiger partial charge in [-0.2, -0.15) is 18.3 Å². The number of benzene rings is 2. The van der Waals surface area contributed by atoms with E-state index in [1.807, 2.05) is 6.07 Å². The van der Waals surface area contributed by atoms with Gasteiger partial charge in [-0.1, -0.05) is 47.6 Å². The van der Waals surface area contributed by atoms with Gasteiger partial charge in [-0.3, -0.25) is 9.48 Å². The Hall–Kier alpha value is -3.95. The summed E-state index contributed by atoms with van der Waals surface area (Å²) in [6.45, 7) is 7.24. The molecule has 38 heavy (non-hydrogen) atoms. The van der Waals surface area contributed by atoms with Crippen molar-refractivity contribution in [1.82, 2.24) is 19.7 Å². The molecule has 0 saturated carbocycles. The van der Waals surface area contributed by atoms with Crippen molar-refractivity contribution in [1.29, 1.82) is 0 Å². The van der Waals surface area contributed by atoms with Gasteiger partial charge in [0.25, 0.3) is 11.2 Å². The Balaban J connectivity index is 1.52. The van der Waals surface area contributed by atoms with Crippen molar-refractivity contribution in [3.63, 3.8) is 0 Å². The van der Waals surface area contributed by atoms with E-state index in [9.17, 15) is 18.0 Å². The van der Waals surface area contributed by atoms with Crippen LogP contribution in [-0.4, -0.2) is 26.9 Å².